The summed E-state index contributed by atoms with van der Waals surface area (Å²) >= 11 is 12.0. The zero-order valence-electron chi connectivity index (χ0n) is 15.7. The van der Waals surface area contributed by atoms with Gasteiger partial charge in [-0.05, 0) is 48.7 Å². The van der Waals surface area contributed by atoms with Crippen LogP contribution < -0.4 is 5.32 Å². The van der Waals surface area contributed by atoms with E-state index >= 15 is 0 Å². The van der Waals surface area contributed by atoms with E-state index in [1.807, 2.05) is 12.1 Å². The first-order chi connectivity index (χ1) is 14.0. The second-order valence-corrected chi connectivity index (χ2v) is 8.11. The molecule has 4 rings (SSSR count). The molecule has 1 amide bonds. The molecular formula is C21H20Cl2N2O4. The zero-order chi connectivity index (χ0) is 20.5. The minimum absolute atomic E-state index is 0.0297. The van der Waals surface area contributed by atoms with E-state index in [9.17, 15) is 9.59 Å². The fraction of sp³-hybridized carbons (Fsp3) is 0.381. The van der Waals surface area contributed by atoms with Gasteiger partial charge in [0.15, 0.2) is 0 Å². The minimum atomic E-state index is -0.354. The number of nitrogens with zero attached hydrogens (tertiary/aromatic N) is 1. The van der Waals surface area contributed by atoms with E-state index < -0.39 is 0 Å². The highest BCUT2D eigenvalue weighted by Crippen LogP contribution is 2.49. The Balaban J connectivity index is 1.57. The highest BCUT2D eigenvalue weighted by Gasteiger charge is 2.52. The molecular weight excluding hydrogens is 415 g/mol. The van der Waals surface area contributed by atoms with Crippen molar-refractivity contribution >= 4 is 40.8 Å². The Morgan fingerprint density at radius 2 is 1.97 bits per heavy atom. The number of pyridine rings is 1. The summed E-state index contributed by atoms with van der Waals surface area (Å²) in [7, 11) is 1.35. The lowest BCUT2D eigenvalue weighted by Crippen LogP contribution is -2.36. The Bertz CT molecular complexity index is 952. The number of carbonyl (C=O) groups excluding carboxylic acids is 2. The minimum Gasteiger partial charge on any atom is -0.469 e. The van der Waals surface area contributed by atoms with E-state index in [0.717, 1.165) is 18.4 Å². The molecule has 1 aromatic heterocycles. The maximum atomic E-state index is 13.1. The van der Waals surface area contributed by atoms with Gasteiger partial charge < -0.3 is 14.8 Å². The Kier molecular flexibility index (Phi) is 5.76. The first kappa shape index (κ1) is 20.1. The molecule has 152 valence electrons. The number of amides is 1. The number of esters is 1. The van der Waals surface area contributed by atoms with E-state index in [-0.39, 0.29) is 42.3 Å². The highest BCUT2D eigenvalue weighted by molar-refractivity contribution is 6.42. The molecule has 3 heterocycles. The van der Waals surface area contributed by atoms with Crippen molar-refractivity contribution in [2.45, 2.75) is 37.4 Å². The molecule has 2 saturated heterocycles. The summed E-state index contributed by atoms with van der Waals surface area (Å²) < 4.78 is 10.8. The molecule has 2 bridgehead atoms. The summed E-state index contributed by atoms with van der Waals surface area (Å²) in [5.74, 6) is -0.910. The van der Waals surface area contributed by atoms with Crippen molar-refractivity contribution < 1.29 is 19.1 Å². The van der Waals surface area contributed by atoms with Gasteiger partial charge in [0.1, 0.15) is 0 Å². The van der Waals surface area contributed by atoms with Gasteiger partial charge in [0.25, 0.3) is 0 Å². The third-order valence-corrected chi connectivity index (χ3v) is 6.28. The SMILES string of the molecule is COC(=O)Cc1cc([C@@H]2[C@@H](C(=O)Nc3ccc(Cl)c(Cl)c3)[C@H]3CC[C@@H]2O3)ccn1. The van der Waals surface area contributed by atoms with Gasteiger partial charge in [-0.2, -0.15) is 0 Å². The Morgan fingerprint density at radius 3 is 2.72 bits per heavy atom. The van der Waals surface area contributed by atoms with E-state index in [1.165, 1.54) is 7.11 Å². The van der Waals surface area contributed by atoms with E-state index in [4.69, 9.17) is 32.7 Å². The second-order valence-electron chi connectivity index (χ2n) is 7.29. The average Bonchev–Trinajstić information content (AvgIpc) is 3.32. The van der Waals surface area contributed by atoms with E-state index in [1.54, 1.807) is 24.4 Å². The Labute approximate surface area is 178 Å². The zero-order valence-corrected chi connectivity index (χ0v) is 17.2. The van der Waals surface area contributed by atoms with Gasteiger partial charge in [0.2, 0.25) is 5.91 Å². The number of hydrogen-bond donors (Lipinski definition) is 1. The van der Waals surface area contributed by atoms with Crippen LogP contribution in [0.25, 0.3) is 0 Å². The summed E-state index contributed by atoms with van der Waals surface area (Å²) in [6.45, 7) is 0. The first-order valence-corrected chi connectivity index (χ1v) is 10.1. The number of ether oxygens (including phenoxy) is 2. The molecule has 2 aliphatic heterocycles. The summed E-state index contributed by atoms with van der Waals surface area (Å²) in [6, 6.07) is 8.75. The fourth-order valence-electron chi connectivity index (χ4n) is 4.25. The molecule has 2 fully saturated rings. The third kappa shape index (κ3) is 4.10. The highest BCUT2D eigenvalue weighted by atomic mass is 35.5. The van der Waals surface area contributed by atoms with Gasteiger partial charge in [-0.15, -0.1) is 0 Å². The standard InChI is InChI=1S/C21H20Cl2N2O4/c1-28-18(26)10-13-8-11(6-7-24-13)19-16-4-5-17(29-16)20(19)21(27)25-12-2-3-14(22)15(23)9-12/h2-3,6-9,16-17,19-20H,4-5,10H2,1H3,(H,25,27)/t16-,17+,19-,20-/m0/s1. The maximum Gasteiger partial charge on any atom is 0.311 e. The van der Waals surface area contributed by atoms with Crippen LogP contribution in [0.4, 0.5) is 5.69 Å². The van der Waals surface area contributed by atoms with Crippen molar-refractivity contribution in [1.82, 2.24) is 4.98 Å². The van der Waals surface area contributed by atoms with Gasteiger partial charge in [-0.3, -0.25) is 14.6 Å². The molecule has 6 nitrogen and oxygen atoms in total. The van der Waals surface area contributed by atoms with Gasteiger partial charge in [-0.1, -0.05) is 23.2 Å². The van der Waals surface area contributed by atoms with Gasteiger partial charge in [-0.25, -0.2) is 0 Å². The van der Waals surface area contributed by atoms with Crippen LogP contribution in [-0.2, 0) is 25.5 Å². The number of nitrogens with one attached hydrogen (secondary N) is 1. The lowest BCUT2D eigenvalue weighted by molar-refractivity contribution is -0.139. The fourth-order valence-corrected chi connectivity index (χ4v) is 4.55. The second kappa shape index (κ2) is 8.30. The number of benzene rings is 1. The van der Waals surface area contributed by atoms with E-state index in [0.29, 0.717) is 21.4 Å². The number of carbonyl (C=O) groups is 2. The quantitative estimate of drug-likeness (QED) is 0.719. The van der Waals surface area contributed by atoms with Crippen molar-refractivity contribution in [3.05, 3.63) is 57.8 Å². The van der Waals surface area contributed by atoms with Crippen LogP contribution in [0.3, 0.4) is 0 Å². The molecule has 0 aliphatic carbocycles. The van der Waals surface area contributed by atoms with Crippen LogP contribution in [0.1, 0.15) is 30.0 Å². The monoisotopic (exact) mass is 434 g/mol. The van der Waals surface area contributed by atoms with Crippen LogP contribution in [0.5, 0.6) is 0 Å². The summed E-state index contributed by atoms with van der Waals surface area (Å²) in [6.07, 6.45) is 3.34. The first-order valence-electron chi connectivity index (χ1n) is 9.39. The molecule has 0 saturated carbocycles. The predicted octanol–water partition coefficient (Wildman–Crippen LogP) is 4.00. The van der Waals surface area contributed by atoms with E-state index in [2.05, 4.69) is 10.3 Å². The van der Waals surface area contributed by atoms with Crippen LogP contribution in [0, 0.1) is 5.92 Å². The normalized spacial score (nSPS) is 25.1. The number of rotatable bonds is 5. The number of aromatic nitrogens is 1. The molecule has 4 atom stereocenters. The average molecular weight is 435 g/mol. The summed E-state index contributed by atoms with van der Waals surface area (Å²) in [4.78, 5) is 29.0. The van der Waals surface area contributed by atoms with Gasteiger partial charge >= 0.3 is 5.97 Å². The van der Waals surface area contributed by atoms with Crippen LogP contribution in [-0.4, -0.2) is 36.2 Å². The lowest BCUT2D eigenvalue weighted by atomic mass is 9.75. The number of anilines is 1. The van der Waals surface area contributed by atoms with Crippen LogP contribution in [0.15, 0.2) is 36.5 Å². The molecule has 0 unspecified atom stereocenters. The number of fused-ring (bicyclic) bond motifs is 2. The molecule has 8 heteroatoms. The topological polar surface area (TPSA) is 77.5 Å². The molecule has 0 spiro atoms. The van der Waals surface area contributed by atoms with Crippen molar-refractivity contribution in [2.75, 3.05) is 12.4 Å². The molecule has 1 aromatic carbocycles. The van der Waals surface area contributed by atoms with Crippen molar-refractivity contribution in [3.63, 3.8) is 0 Å². The van der Waals surface area contributed by atoms with Gasteiger partial charge in [0, 0.05) is 17.8 Å². The molecule has 2 aromatic rings. The largest absolute Gasteiger partial charge is 0.469 e. The molecule has 0 radical (unpaired) electrons. The summed E-state index contributed by atoms with van der Waals surface area (Å²) in [5.41, 5.74) is 2.15. The molecule has 1 N–H and O–H groups in total. The molecule has 2 aliphatic rings. The Morgan fingerprint density at radius 1 is 1.17 bits per heavy atom. The van der Waals surface area contributed by atoms with Crippen LogP contribution >= 0.6 is 23.2 Å². The third-order valence-electron chi connectivity index (χ3n) is 5.54. The van der Waals surface area contributed by atoms with Crippen molar-refractivity contribution in [3.8, 4) is 0 Å². The summed E-state index contributed by atoms with van der Waals surface area (Å²) in [5, 5.41) is 3.75. The Hall–Kier alpha value is -2.15. The van der Waals surface area contributed by atoms with Crippen molar-refractivity contribution in [2.24, 2.45) is 5.92 Å². The molecule has 29 heavy (non-hydrogen) atoms. The smallest absolute Gasteiger partial charge is 0.311 e. The maximum absolute atomic E-state index is 13.1. The van der Waals surface area contributed by atoms with Gasteiger partial charge in [0.05, 0.1) is 47.4 Å². The van der Waals surface area contributed by atoms with Crippen molar-refractivity contribution in [1.29, 1.82) is 0 Å². The number of methoxy groups -OCH3 is 1. The number of hydrogen-bond acceptors (Lipinski definition) is 5. The number of halogens is 2. The predicted molar refractivity (Wildman–Crippen MR) is 109 cm³/mol. The lowest BCUT2D eigenvalue weighted by Gasteiger charge is -2.27. The van der Waals surface area contributed by atoms with Crippen LogP contribution in [0.2, 0.25) is 10.0 Å².